The SMILES string of the molecule is CCC(=O)NC[C@H]1[C@H]2CN(C(=O)Cc3noc4ccccc34)C[C@]23CC[C@H]1O3. The van der Waals surface area contributed by atoms with Crippen LogP contribution in [0.4, 0.5) is 0 Å². The van der Waals surface area contributed by atoms with Gasteiger partial charge in [-0.05, 0) is 25.0 Å². The molecule has 1 spiro atoms. The second kappa shape index (κ2) is 6.58. The molecule has 28 heavy (non-hydrogen) atoms. The zero-order valence-electron chi connectivity index (χ0n) is 16.0. The number of hydrogen-bond donors (Lipinski definition) is 1. The summed E-state index contributed by atoms with van der Waals surface area (Å²) in [6.07, 6.45) is 2.94. The van der Waals surface area contributed by atoms with Crippen molar-refractivity contribution in [3.05, 3.63) is 30.0 Å². The van der Waals surface area contributed by atoms with E-state index in [1.165, 1.54) is 0 Å². The maximum Gasteiger partial charge on any atom is 0.228 e. The first-order chi connectivity index (χ1) is 13.6. The molecule has 2 aromatic rings. The molecule has 4 atom stereocenters. The van der Waals surface area contributed by atoms with Gasteiger partial charge in [-0.15, -0.1) is 0 Å². The van der Waals surface area contributed by atoms with E-state index in [2.05, 4.69) is 10.5 Å². The molecule has 4 heterocycles. The van der Waals surface area contributed by atoms with Crippen molar-refractivity contribution in [2.75, 3.05) is 19.6 Å². The predicted octanol–water partition coefficient (Wildman–Crippen LogP) is 1.90. The Balaban J connectivity index is 1.29. The van der Waals surface area contributed by atoms with Gasteiger partial charge in [0.25, 0.3) is 0 Å². The van der Waals surface area contributed by atoms with Gasteiger partial charge in [-0.3, -0.25) is 9.59 Å². The Bertz CT molecular complexity index is 925. The van der Waals surface area contributed by atoms with Gasteiger partial charge in [0.2, 0.25) is 11.8 Å². The smallest absolute Gasteiger partial charge is 0.228 e. The fourth-order valence-corrected chi connectivity index (χ4v) is 5.33. The number of nitrogens with zero attached hydrogens (tertiary/aromatic N) is 2. The molecule has 3 aliphatic heterocycles. The summed E-state index contributed by atoms with van der Waals surface area (Å²) >= 11 is 0. The Kier molecular flexibility index (Phi) is 4.16. The van der Waals surface area contributed by atoms with Gasteiger partial charge in [0.15, 0.2) is 5.58 Å². The molecule has 0 unspecified atom stereocenters. The zero-order valence-corrected chi connectivity index (χ0v) is 16.0. The van der Waals surface area contributed by atoms with Crippen molar-refractivity contribution in [1.82, 2.24) is 15.4 Å². The molecule has 7 heteroatoms. The van der Waals surface area contributed by atoms with Crippen molar-refractivity contribution in [3.8, 4) is 0 Å². The molecule has 3 aliphatic rings. The van der Waals surface area contributed by atoms with Gasteiger partial charge >= 0.3 is 0 Å². The standard InChI is InChI=1S/C21H25N3O4/c1-2-19(25)22-10-14-15-11-24(12-21(15)8-7-17(14)27-21)20(26)9-16-13-5-3-4-6-18(13)28-23-16/h3-6,14-15,17H,2,7-12H2,1H3,(H,22,25)/t14-,15+,17+,21+/m0/s1. The van der Waals surface area contributed by atoms with E-state index in [9.17, 15) is 9.59 Å². The zero-order chi connectivity index (χ0) is 19.3. The van der Waals surface area contributed by atoms with Gasteiger partial charge in [-0.2, -0.15) is 0 Å². The number of hydrogen-bond acceptors (Lipinski definition) is 5. The first kappa shape index (κ1) is 17.7. The lowest BCUT2D eigenvalue weighted by Crippen LogP contribution is -2.41. The van der Waals surface area contributed by atoms with Crippen molar-refractivity contribution in [2.45, 2.75) is 44.3 Å². The molecule has 3 saturated heterocycles. The highest BCUT2D eigenvalue weighted by atomic mass is 16.5. The molecule has 2 bridgehead atoms. The van der Waals surface area contributed by atoms with E-state index in [0.29, 0.717) is 43.2 Å². The quantitative estimate of drug-likeness (QED) is 0.853. The topological polar surface area (TPSA) is 84.7 Å². The van der Waals surface area contributed by atoms with Gasteiger partial charge < -0.3 is 19.5 Å². The Hall–Kier alpha value is -2.41. The number of likely N-dealkylation sites (tertiary alicyclic amines) is 1. The number of benzene rings is 1. The van der Waals surface area contributed by atoms with Crippen LogP contribution in [0, 0.1) is 11.8 Å². The van der Waals surface area contributed by atoms with Crippen LogP contribution in [0.3, 0.4) is 0 Å². The largest absolute Gasteiger partial charge is 0.369 e. The molecule has 2 amide bonds. The Morgan fingerprint density at radius 1 is 1.36 bits per heavy atom. The van der Waals surface area contributed by atoms with Crippen LogP contribution in [-0.4, -0.2) is 53.2 Å². The van der Waals surface area contributed by atoms with E-state index in [1.807, 2.05) is 36.1 Å². The minimum absolute atomic E-state index is 0.0613. The van der Waals surface area contributed by atoms with E-state index in [-0.39, 0.29) is 35.9 Å². The van der Waals surface area contributed by atoms with Crippen LogP contribution in [0.2, 0.25) is 0 Å². The molecule has 1 aromatic heterocycles. The van der Waals surface area contributed by atoms with Crippen molar-refractivity contribution >= 4 is 22.8 Å². The third-order valence-electron chi connectivity index (χ3n) is 6.76. The van der Waals surface area contributed by atoms with Gasteiger partial charge in [0.1, 0.15) is 5.69 Å². The number of rotatable bonds is 5. The molecular weight excluding hydrogens is 358 g/mol. The molecule has 1 N–H and O–H groups in total. The first-order valence-corrected chi connectivity index (χ1v) is 10.2. The minimum Gasteiger partial charge on any atom is -0.369 e. The van der Waals surface area contributed by atoms with Crippen LogP contribution >= 0.6 is 0 Å². The summed E-state index contributed by atoms with van der Waals surface area (Å²) in [6, 6.07) is 7.61. The molecule has 3 fully saturated rings. The maximum absolute atomic E-state index is 13.0. The number of amides is 2. The fourth-order valence-electron chi connectivity index (χ4n) is 5.33. The summed E-state index contributed by atoms with van der Waals surface area (Å²) in [4.78, 5) is 26.6. The number of para-hydroxylation sites is 1. The molecule has 0 aliphatic carbocycles. The van der Waals surface area contributed by atoms with Gasteiger partial charge in [0.05, 0.1) is 24.7 Å². The van der Waals surface area contributed by atoms with E-state index >= 15 is 0 Å². The predicted molar refractivity (Wildman–Crippen MR) is 101 cm³/mol. The average molecular weight is 383 g/mol. The third kappa shape index (κ3) is 2.71. The van der Waals surface area contributed by atoms with Gasteiger partial charge in [0, 0.05) is 36.7 Å². The van der Waals surface area contributed by atoms with Gasteiger partial charge in [-0.25, -0.2) is 0 Å². The van der Waals surface area contributed by atoms with Crippen LogP contribution in [0.5, 0.6) is 0 Å². The minimum atomic E-state index is -0.228. The van der Waals surface area contributed by atoms with Crippen molar-refractivity contribution in [2.24, 2.45) is 11.8 Å². The third-order valence-corrected chi connectivity index (χ3v) is 6.76. The normalized spacial score (nSPS) is 30.8. The highest BCUT2D eigenvalue weighted by Crippen LogP contribution is 2.54. The lowest BCUT2D eigenvalue weighted by atomic mass is 9.73. The number of nitrogens with one attached hydrogen (secondary N) is 1. The van der Waals surface area contributed by atoms with E-state index in [0.717, 1.165) is 18.2 Å². The Morgan fingerprint density at radius 2 is 2.21 bits per heavy atom. The first-order valence-electron chi connectivity index (χ1n) is 10.2. The summed E-state index contributed by atoms with van der Waals surface area (Å²) in [5, 5.41) is 8.01. The summed E-state index contributed by atoms with van der Waals surface area (Å²) in [7, 11) is 0. The van der Waals surface area contributed by atoms with Crippen molar-refractivity contribution < 1.29 is 18.8 Å². The number of ether oxygens (including phenoxy) is 1. The second-order valence-electron chi connectivity index (χ2n) is 8.26. The maximum atomic E-state index is 13.0. The summed E-state index contributed by atoms with van der Waals surface area (Å²) < 4.78 is 11.7. The highest BCUT2D eigenvalue weighted by Gasteiger charge is 2.63. The van der Waals surface area contributed by atoms with Crippen LogP contribution in [0.15, 0.2) is 28.8 Å². The van der Waals surface area contributed by atoms with Crippen molar-refractivity contribution in [1.29, 1.82) is 0 Å². The molecular formula is C21H25N3O4. The number of carbonyl (C=O) groups excluding carboxylic acids is 2. The molecule has 148 valence electrons. The second-order valence-corrected chi connectivity index (χ2v) is 8.26. The van der Waals surface area contributed by atoms with E-state index in [4.69, 9.17) is 9.26 Å². The monoisotopic (exact) mass is 383 g/mol. The molecule has 0 saturated carbocycles. The lowest BCUT2D eigenvalue weighted by Gasteiger charge is -2.29. The lowest BCUT2D eigenvalue weighted by molar-refractivity contribution is -0.131. The summed E-state index contributed by atoms with van der Waals surface area (Å²) in [6.45, 7) is 3.83. The summed E-state index contributed by atoms with van der Waals surface area (Å²) in [5.74, 6) is 0.711. The van der Waals surface area contributed by atoms with Crippen LogP contribution < -0.4 is 5.32 Å². The molecule has 1 aromatic carbocycles. The van der Waals surface area contributed by atoms with Crippen molar-refractivity contribution in [3.63, 3.8) is 0 Å². The number of carbonyl (C=O) groups is 2. The molecule has 0 radical (unpaired) electrons. The van der Waals surface area contributed by atoms with Crippen LogP contribution in [0.1, 0.15) is 31.9 Å². The van der Waals surface area contributed by atoms with Gasteiger partial charge in [-0.1, -0.05) is 24.2 Å². The summed E-state index contributed by atoms with van der Waals surface area (Å²) in [5.41, 5.74) is 1.16. The Morgan fingerprint density at radius 3 is 3.07 bits per heavy atom. The number of fused-ring (bicyclic) bond motifs is 2. The van der Waals surface area contributed by atoms with Crippen LogP contribution in [-0.2, 0) is 20.7 Å². The average Bonchev–Trinajstić information content (AvgIpc) is 3.45. The van der Waals surface area contributed by atoms with E-state index < -0.39 is 0 Å². The van der Waals surface area contributed by atoms with E-state index in [1.54, 1.807) is 0 Å². The fraction of sp³-hybridized carbons (Fsp3) is 0.571. The van der Waals surface area contributed by atoms with Crippen LogP contribution in [0.25, 0.3) is 11.0 Å². The molecule has 7 nitrogen and oxygen atoms in total. The molecule has 5 rings (SSSR count). The highest BCUT2D eigenvalue weighted by molar-refractivity contribution is 5.86. The Labute approximate surface area is 163 Å². The number of aromatic nitrogens is 1.